The van der Waals surface area contributed by atoms with Crippen LogP contribution in [0.5, 0.6) is 0 Å². The third-order valence-electron chi connectivity index (χ3n) is 3.75. The summed E-state index contributed by atoms with van der Waals surface area (Å²) >= 11 is 0. The van der Waals surface area contributed by atoms with E-state index in [4.69, 9.17) is 9.47 Å². The van der Waals surface area contributed by atoms with Crippen LogP contribution in [-0.2, 0) is 20.7 Å². The Labute approximate surface area is 114 Å². The molecule has 0 N–H and O–H groups in total. The molecule has 1 aromatic carbocycles. The van der Waals surface area contributed by atoms with Gasteiger partial charge in [-0.15, -0.1) is 0 Å². The van der Waals surface area contributed by atoms with E-state index in [1.54, 1.807) is 0 Å². The zero-order valence-electron chi connectivity index (χ0n) is 11.5. The van der Waals surface area contributed by atoms with E-state index in [9.17, 15) is 4.79 Å². The number of ether oxygens (including phenoxy) is 2. The average Bonchev–Trinajstić information content (AvgIpc) is 2.48. The van der Waals surface area contributed by atoms with E-state index in [-0.39, 0.29) is 18.0 Å². The van der Waals surface area contributed by atoms with Crippen molar-refractivity contribution in [3.63, 3.8) is 0 Å². The molecule has 1 aromatic rings. The van der Waals surface area contributed by atoms with Crippen LogP contribution in [0, 0.1) is 5.92 Å². The first-order chi connectivity index (χ1) is 9.29. The Morgan fingerprint density at radius 1 is 1.26 bits per heavy atom. The van der Waals surface area contributed by atoms with Crippen molar-refractivity contribution in [1.29, 1.82) is 0 Å². The number of benzene rings is 1. The van der Waals surface area contributed by atoms with Gasteiger partial charge < -0.3 is 9.47 Å². The Bertz CT molecular complexity index is 388. The second kappa shape index (κ2) is 7.29. The van der Waals surface area contributed by atoms with Crippen LogP contribution in [-0.4, -0.2) is 25.8 Å². The van der Waals surface area contributed by atoms with E-state index in [2.05, 4.69) is 12.1 Å². The topological polar surface area (TPSA) is 35.5 Å². The van der Waals surface area contributed by atoms with Gasteiger partial charge in [0.1, 0.15) is 0 Å². The van der Waals surface area contributed by atoms with Gasteiger partial charge in [0, 0.05) is 0 Å². The van der Waals surface area contributed by atoms with Gasteiger partial charge in [-0.3, -0.25) is 4.79 Å². The quantitative estimate of drug-likeness (QED) is 0.765. The Kier molecular flexibility index (Phi) is 5.40. The number of hydrogen-bond acceptors (Lipinski definition) is 3. The summed E-state index contributed by atoms with van der Waals surface area (Å²) in [6.45, 7) is 0.725. The molecule has 0 amide bonds. The molecule has 104 valence electrons. The van der Waals surface area contributed by atoms with Crippen molar-refractivity contribution in [2.24, 2.45) is 5.92 Å². The minimum Gasteiger partial charge on any atom is -0.469 e. The summed E-state index contributed by atoms with van der Waals surface area (Å²) in [4.78, 5) is 11.5. The smallest absolute Gasteiger partial charge is 0.308 e. The zero-order valence-corrected chi connectivity index (χ0v) is 11.5. The molecule has 1 aliphatic carbocycles. The summed E-state index contributed by atoms with van der Waals surface area (Å²) < 4.78 is 10.7. The van der Waals surface area contributed by atoms with Crippen LogP contribution >= 0.6 is 0 Å². The molecule has 19 heavy (non-hydrogen) atoms. The van der Waals surface area contributed by atoms with Crippen molar-refractivity contribution in [3.05, 3.63) is 35.9 Å². The fraction of sp³-hybridized carbons (Fsp3) is 0.562. The first-order valence-corrected chi connectivity index (χ1v) is 7.03. The lowest BCUT2D eigenvalue weighted by Gasteiger charge is -2.27. The molecule has 2 atom stereocenters. The summed E-state index contributed by atoms with van der Waals surface area (Å²) in [5.41, 5.74) is 1.29. The maximum atomic E-state index is 11.5. The Morgan fingerprint density at radius 3 is 2.79 bits per heavy atom. The van der Waals surface area contributed by atoms with Gasteiger partial charge in [-0.05, 0) is 31.2 Å². The number of methoxy groups -OCH3 is 1. The van der Waals surface area contributed by atoms with Gasteiger partial charge in [0.25, 0.3) is 0 Å². The van der Waals surface area contributed by atoms with Gasteiger partial charge in [-0.25, -0.2) is 0 Å². The van der Waals surface area contributed by atoms with Crippen molar-refractivity contribution in [1.82, 2.24) is 0 Å². The molecule has 0 aliphatic heterocycles. The molecule has 0 saturated heterocycles. The molecule has 1 fully saturated rings. The Morgan fingerprint density at radius 2 is 2.05 bits per heavy atom. The highest BCUT2D eigenvalue weighted by Gasteiger charge is 2.28. The highest BCUT2D eigenvalue weighted by Crippen LogP contribution is 2.27. The van der Waals surface area contributed by atoms with Crippen LogP contribution in [0.2, 0.25) is 0 Å². The van der Waals surface area contributed by atoms with Crippen molar-refractivity contribution < 1.29 is 14.3 Å². The first-order valence-electron chi connectivity index (χ1n) is 7.03. The lowest BCUT2D eigenvalue weighted by Crippen LogP contribution is -2.29. The number of carbonyl (C=O) groups is 1. The number of carbonyl (C=O) groups excluding carboxylic acids is 1. The Hall–Kier alpha value is -1.35. The molecule has 1 aliphatic rings. The normalized spacial score (nSPS) is 23.0. The van der Waals surface area contributed by atoms with Gasteiger partial charge in [0.2, 0.25) is 0 Å². The first kappa shape index (κ1) is 14.1. The van der Waals surface area contributed by atoms with E-state index in [0.717, 1.165) is 38.7 Å². The maximum Gasteiger partial charge on any atom is 0.308 e. The third kappa shape index (κ3) is 4.35. The van der Waals surface area contributed by atoms with Gasteiger partial charge in [0.15, 0.2) is 0 Å². The van der Waals surface area contributed by atoms with Crippen molar-refractivity contribution >= 4 is 5.97 Å². The van der Waals surface area contributed by atoms with Gasteiger partial charge in [-0.2, -0.15) is 0 Å². The predicted octanol–water partition coefficient (Wildman–Crippen LogP) is 2.98. The fourth-order valence-electron chi connectivity index (χ4n) is 2.67. The predicted molar refractivity (Wildman–Crippen MR) is 73.9 cm³/mol. The molecule has 3 heteroatoms. The maximum absolute atomic E-state index is 11.5. The highest BCUT2D eigenvalue weighted by atomic mass is 16.5. The van der Waals surface area contributed by atoms with Crippen LogP contribution in [0.3, 0.4) is 0 Å². The molecule has 0 radical (unpaired) electrons. The van der Waals surface area contributed by atoms with E-state index >= 15 is 0 Å². The summed E-state index contributed by atoms with van der Waals surface area (Å²) in [5.74, 6) is -0.0585. The highest BCUT2D eigenvalue weighted by molar-refractivity contribution is 5.72. The zero-order chi connectivity index (χ0) is 13.5. The lowest BCUT2D eigenvalue weighted by atomic mass is 9.87. The van der Waals surface area contributed by atoms with Gasteiger partial charge in [-0.1, -0.05) is 36.8 Å². The second-order valence-corrected chi connectivity index (χ2v) is 5.12. The molecular weight excluding hydrogens is 240 g/mol. The van der Waals surface area contributed by atoms with Gasteiger partial charge in [0.05, 0.1) is 25.7 Å². The van der Waals surface area contributed by atoms with E-state index in [0.29, 0.717) is 0 Å². The summed E-state index contributed by atoms with van der Waals surface area (Å²) in [6, 6.07) is 10.3. The lowest BCUT2D eigenvalue weighted by molar-refractivity contribution is -0.148. The van der Waals surface area contributed by atoms with Crippen LogP contribution in [0.4, 0.5) is 0 Å². The SMILES string of the molecule is COC(=O)[C@@H]1CCC[C@H](OCCc2ccccc2)C1. The molecule has 0 bridgehead atoms. The average molecular weight is 262 g/mol. The molecule has 0 heterocycles. The Balaban J connectivity index is 1.72. The fourth-order valence-corrected chi connectivity index (χ4v) is 2.67. The van der Waals surface area contributed by atoms with Crippen LogP contribution in [0.15, 0.2) is 30.3 Å². The monoisotopic (exact) mass is 262 g/mol. The molecule has 2 rings (SSSR count). The third-order valence-corrected chi connectivity index (χ3v) is 3.75. The molecule has 0 aromatic heterocycles. The van der Waals surface area contributed by atoms with Gasteiger partial charge >= 0.3 is 5.97 Å². The molecule has 3 nitrogen and oxygen atoms in total. The van der Waals surface area contributed by atoms with E-state index in [1.165, 1.54) is 12.7 Å². The van der Waals surface area contributed by atoms with Crippen LogP contribution in [0.1, 0.15) is 31.2 Å². The standard InChI is InChI=1S/C16H22O3/c1-18-16(17)14-8-5-9-15(12-14)19-11-10-13-6-3-2-4-7-13/h2-4,6-7,14-15H,5,8-12H2,1H3/t14-,15+/m1/s1. The number of rotatable bonds is 5. The minimum atomic E-state index is -0.0867. The molecule has 0 spiro atoms. The van der Waals surface area contributed by atoms with Crippen molar-refractivity contribution in [3.8, 4) is 0 Å². The van der Waals surface area contributed by atoms with Crippen LogP contribution in [0.25, 0.3) is 0 Å². The number of hydrogen-bond donors (Lipinski definition) is 0. The summed E-state index contributed by atoms with van der Waals surface area (Å²) in [5, 5.41) is 0. The van der Waals surface area contributed by atoms with E-state index < -0.39 is 0 Å². The minimum absolute atomic E-state index is 0.0282. The largest absolute Gasteiger partial charge is 0.469 e. The molecular formula is C16H22O3. The van der Waals surface area contributed by atoms with Crippen molar-refractivity contribution in [2.75, 3.05) is 13.7 Å². The second-order valence-electron chi connectivity index (χ2n) is 5.12. The van der Waals surface area contributed by atoms with E-state index in [1.807, 2.05) is 18.2 Å². The molecule has 1 saturated carbocycles. The van der Waals surface area contributed by atoms with Crippen molar-refractivity contribution in [2.45, 2.75) is 38.2 Å². The summed E-state index contributed by atoms with van der Waals surface area (Å²) in [6.07, 6.45) is 4.99. The molecule has 0 unspecified atom stereocenters. The number of esters is 1. The van der Waals surface area contributed by atoms with Crippen LogP contribution < -0.4 is 0 Å². The summed E-state index contributed by atoms with van der Waals surface area (Å²) in [7, 11) is 1.46.